The summed E-state index contributed by atoms with van der Waals surface area (Å²) in [6.07, 6.45) is 7.63. The number of nitrogens with two attached hydrogens (primary N) is 2. The third kappa shape index (κ3) is 4.39. The van der Waals surface area contributed by atoms with Gasteiger partial charge < -0.3 is 16.8 Å². The van der Waals surface area contributed by atoms with Crippen LogP contribution in [0.15, 0.2) is 53.6 Å². The Labute approximate surface area is 173 Å². The molecular weight excluding hydrogens is 387 g/mol. The van der Waals surface area contributed by atoms with E-state index in [1.165, 1.54) is 6.08 Å². The van der Waals surface area contributed by atoms with Crippen LogP contribution in [0.2, 0.25) is 0 Å². The molecule has 0 aromatic carbocycles. The highest BCUT2D eigenvalue weighted by Crippen LogP contribution is 2.34. The first-order valence-electron chi connectivity index (χ1n) is 9.90. The Kier molecular flexibility index (Phi) is 5.60. The highest BCUT2D eigenvalue weighted by Gasteiger charge is 2.37. The number of dihydropyridines is 1. The molecule has 3 heterocycles. The van der Waals surface area contributed by atoms with Gasteiger partial charge in [-0.2, -0.15) is 5.10 Å². The lowest BCUT2D eigenvalue weighted by Crippen LogP contribution is -2.53. The number of carbonyl (C=O) groups excluding carboxylic acids is 1. The van der Waals surface area contributed by atoms with Gasteiger partial charge in [0.25, 0.3) is 5.91 Å². The Bertz CT molecular complexity index is 965. The summed E-state index contributed by atoms with van der Waals surface area (Å²) >= 11 is 0. The van der Waals surface area contributed by atoms with E-state index in [-0.39, 0.29) is 23.5 Å². The first-order valence-corrected chi connectivity index (χ1v) is 9.90. The number of nitrogens with one attached hydrogen (secondary N) is 2. The Morgan fingerprint density at radius 3 is 2.80 bits per heavy atom. The third-order valence-corrected chi connectivity index (χ3v) is 5.23. The molecule has 2 unspecified atom stereocenters. The fourth-order valence-corrected chi connectivity index (χ4v) is 3.59. The Balaban J connectivity index is 1.59. The molecule has 10 heteroatoms. The fraction of sp³-hybridized carbons (Fsp3) is 0.400. The van der Waals surface area contributed by atoms with Crippen molar-refractivity contribution in [3.63, 3.8) is 0 Å². The molecule has 0 radical (unpaired) electrons. The molecule has 1 fully saturated rings. The highest BCUT2D eigenvalue weighted by molar-refractivity contribution is 6.25. The molecule has 1 aliphatic heterocycles. The van der Waals surface area contributed by atoms with E-state index < -0.39 is 18.2 Å². The summed E-state index contributed by atoms with van der Waals surface area (Å²) < 4.78 is 16.4. The maximum Gasteiger partial charge on any atom is 0.252 e. The summed E-state index contributed by atoms with van der Waals surface area (Å²) in [6.45, 7) is 1.89. The van der Waals surface area contributed by atoms with Crippen molar-refractivity contribution in [1.82, 2.24) is 20.1 Å². The van der Waals surface area contributed by atoms with Gasteiger partial charge in [-0.1, -0.05) is 0 Å². The lowest BCUT2D eigenvalue weighted by atomic mass is 10.0. The van der Waals surface area contributed by atoms with Gasteiger partial charge in [-0.05, 0) is 43.9 Å². The molecule has 0 bridgehead atoms. The van der Waals surface area contributed by atoms with Crippen LogP contribution in [0, 0.1) is 5.92 Å². The maximum atomic E-state index is 14.8. The number of hydrogen-bond acceptors (Lipinski definition) is 7. The highest BCUT2D eigenvalue weighted by atomic mass is 19.1. The van der Waals surface area contributed by atoms with E-state index in [9.17, 15) is 9.18 Å². The lowest BCUT2D eigenvalue weighted by molar-refractivity contribution is -0.114. The molecule has 158 valence electrons. The molecule has 2 aliphatic rings. The van der Waals surface area contributed by atoms with Gasteiger partial charge in [0, 0.05) is 24.5 Å². The molecule has 0 spiro atoms. The Morgan fingerprint density at radius 1 is 1.37 bits per heavy atom. The largest absolute Gasteiger partial charge is 0.365 e. The number of anilines is 1. The second kappa shape index (κ2) is 8.33. The molecule has 9 nitrogen and oxygen atoms in total. The van der Waals surface area contributed by atoms with E-state index in [0.717, 1.165) is 18.5 Å². The minimum absolute atomic E-state index is 0.00573. The van der Waals surface area contributed by atoms with E-state index in [2.05, 4.69) is 25.7 Å². The van der Waals surface area contributed by atoms with Crippen LogP contribution in [0.5, 0.6) is 0 Å². The number of pyridine rings is 1. The van der Waals surface area contributed by atoms with Crippen molar-refractivity contribution in [2.24, 2.45) is 22.4 Å². The minimum atomic E-state index is -1.49. The Morgan fingerprint density at radius 2 is 2.17 bits per heavy atom. The number of halogens is 1. The van der Waals surface area contributed by atoms with Crippen LogP contribution in [-0.2, 0) is 4.79 Å². The van der Waals surface area contributed by atoms with E-state index in [0.29, 0.717) is 11.6 Å². The SMILES string of the molecule is C[C@H](N)[C@H](NC1N=C(Nc2cncc(-n3cccn3)c2)C(C(N)=O)=CC1F)C1CC1. The summed E-state index contributed by atoms with van der Waals surface area (Å²) in [6, 6.07) is 3.39. The summed E-state index contributed by atoms with van der Waals surface area (Å²) in [5.74, 6) is -0.155. The number of amidine groups is 1. The second-order valence-corrected chi connectivity index (χ2v) is 7.71. The molecule has 2 aromatic heterocycles. The van der Waals surface area contributed by atoms with Crippen LogP contribution in [0.4, 0.5) is 10.1 Å². The number of aromatic nitrogens is 3. The van der Waals surface area contributed by atoms with E-state index in [1.807, 2.05) is 6.92 Å². The number of amides is 1. The quantitative estimate of drug-likeness (QED) is 0.533. The van der Waals surface area contributed by atoms with Crippen molar-refractivity contribution in [3.05, 3.63) is 48.6 Å². The van der Waals surface area contributed by atoms with Crippen LogP contribution in [0.25, 0.3) is 5.69 Å². The zero-order valence-electron chi connectivity index (χ0n) is 16.6. The van der Waals surface area contributed by atoms with Crippen LogP contribution in [0.3, 0.4) is 0 Å². The molecule has 0 saturated heterocycles. The molecule has 1 amide bonds. The van der Waals surface area contributed by atoms with Crippen molar-refractivity contribution in [1.29, 1.82) is 0 Å². The molecule has 1 aliphatic carbocycles. The summed E-state index contributed by atoms with van der Waals surface area (Å²) in [5.41, 5.74) is 12.8. The zero-order chi connectivity index (χ0) is 21.3. The van der Waals surface area contributed by atoms with Gasteiger partial charge in [0.1, 0.15) is 12.0 Å². The van der Waals surface area contributed by atoms with Crippen molar-refractivity contribution in [3.8, 4) is 5.69 Å². The lowest BCUT2D eigenvalue weighted by Gasteiger charge is -2.30. The second-order valence-electron chi connectivity index (χ2n) is 7.71. The van der Waals surface area contributed by atoms with Gasteiger partial charge in [0.2, 0.25) is 0 Å². The van der Waals surface area contributed by atoms with E-state index in [1.54, 1.807) is 41.6 Å². The molecular formula is C20H25FN8O. The van der Waals surface area contributed by atoms with Crippen molar-refractivity contribution >= 4 is 17.4 Å². The molecule has 4 rings (SSSR count). The standard InChI is InChI=1S/C20H25FN8O/c1-11(22)17(12-3-4-12)27-20-16(21)8-15(18(23)30)19(28-20)26-13-7-14(10-24-9-13)29-6-2-5-25-29/h2,5-12,16-17,20,27H,3-4,22H2,1H3,(H2,23,30)(H,26,28)/t11-,16?,17-,20?/m0/s1. The average molecular weight is 412 g/mol. The van der Waals surface area contributed by atoms with Crippen LogP contribution >= 0.6 is 0 Å². The predicted octanol–water partition coefficient (Wildman–Crippen LogP) is 0.883. The fourth-order valence-electron chi connectivity index (χ4n) is 3.59. The first-order chi connectivity index (χ1) is 14.4. The number of alkyl halides is 1. The van der Waals surface area contributed by atoms with Crippen LogP contribution in [0.1, 0.15) is 19.8 Å². The molecule has 2 aromatic rings. The van der Waals surface area contributed by atoms with Gasteiger partial charge in [-0.25, -0.2) is 14.1 Å². The summed E-state index contributed by atoms with van der Waals surface area (Å²) in [5, 5.41) is 10.4. The summed E-state index contributed by atoms with van der Waals surface area (Å²) in [4.78, 5) is 20.5. The number of nitrogens with zero attached hydrogens (tertiary/aromatic N) is 4. The smallest absolute Gasteiger partial charge is 0.252 e. The van der Waals surface area contributed by atoms with Crippen molar-refractivity contribution in [2.75, 3.05) is 5.32 Å². The molecule has 1 saturated carbocycles. The zero-order valence-corrected chi connectivity index (χ0v) is 16.6. The third-order valence-electron chi connectivity index (χ3n) is 5.23. The number of aliphatic imine (C=N–C) groups is 1. The van der Waals surface area contributed by atoms with Gasteiger partial charge in [-0.3, -0.25) is 15.1 Å². The molecule has 4 atom stereocenters. The molecule has 6 N–H and O–H groups in total. The first kappa shape index (κ1) is 20.2. The predicted molar refractivity (Wildman–Crippen MR) is 112 cm³/mol. The normalized spacial score (nSPS) is 23.3. The maximum absolute atomic E-state index is 14.8. The van der Waals surface area contributed by atoms with Crippen LogP contribution in [-0.4, -0.2) is 50.9 Å². The van der Waals surface area contributed by atoms with Gasteiger partial charge in [0.05, 0.1) is 29.3 Å². The number of primary amides is 1. The van der Waals surface area contributed by atoms with Crippen LogP contribution < -0.4 is 22.1 Å². The average Bonchev–Trinajstić information content (AvgIpc) is 3.39. The van der Waals surface area contributed by atoms with E-state index in [4.69, 9.17) is 11.5 Å². The Hall–Kier alpha value is -3.11. The monoisotopic (exact) mass is 412 g/mol. The molecule has 30 heavy (non-hydrogen) atoms. The number of hydrogen-bond donors (Lipinski definition) is 4. The van der Waals surface area contributed by atoms with Gasteiger partial charge in [0.15, 0.2) is 6.17 Å². The van der Waals surface area contributed by atoms with Gasteiger partial charge in [-0.15, -0.1) is 0 Å². The van der Waals surface area contributed by atoms with Crippen molar-refractivity contribution in [2.45, 2.75) is 44.2 Å². The van der Waals surface area contributed by atoms with Gasteiger partial charge >= 0.3 is 0 Å². The van der Waals surface area contributed by atoms with Crippen molar-refractivity contribution < 1.29 is 9.18 Å². The number of rotatable bonds is 7. The topological polar surface area (TPSA) is 136 Å². The van der Waals surface area contributed by atoms with E-state index >= 15 is 0 Å². The number of carbonyl (C=O) groups is 1. The minimum Gasteiger partial charge on any atom is -0.365 e. The summed E-state index contributed by atoms with van der Waals surface area (Å²) in [7, 11) is 0.